The minimum atomic E-state index is -0.907. The summed E-state index contributed by atoms with van der Waals surface area (Å²) in [5.74, 6) is -0.355. The standard InChI is InChI=1S/C10H12BrNO4.ClH/c1-15-7-4-5(3-6(11)9(7)13)8(12)10(14)16-2;/h3-4,8,13H,12H2,1-2H3;1H/t8-;/m0./s1. The second kappa shape index (κ2) is 6.68. The zero-order valence-electron chi connectivity index (χ0n) is 9.27. The Morgan fingerprint density at radius 3 is 2.53 bits per heavy atom. The Labute approximate surface area is 113 Å². The molecular weight excluding hydrogens is 313 g/mol. The van der Waals surface area contributed by atoms with Crippen LogP contribution in [0.4, 0.5) is 0 Å². The summed E-state index contributed by atoms with van der Waals surface area (Å²) in [4.78, 5) is 11.2. The summed E-state index contributed by atoms with van der Waals surface area (Å²) >= 11 is 3.14. The number of rotatable bonds is 3. The number of benzene rings is 1. The van der Waals surface area contributed by atoms with Gasteiger partial charge in [0.2, 0.25) is 0 Å². The number of hydrogen-bond donors (Lipinski definition) is 2. The summed E-state index contributed by atoms with van der Waals surface area (Å²) in [5.41, 5.74) is 6.15. The summed E-state index contributed by atoms with van der Waals surface area (Å²) in [6, 6.07) is 2.12. The van der Waals surface area contributed by atoms with Crippen LogP contribution >= 0.6 is 28.3 Å². The Hall–Kier alpha value is -0.980. The van der Waals surface area contributed by atoms with Gasteiger partial charge in [0.15, 0.2) is 11.5 Å². The lowest BCUT2D eigenvalue weighted by molar-refractivity contribution is -0.142. The van der Waals surface area contributed by atoms with E-state index in [1.807, 2.05) is 0 Å². The highest BCUT2D eigenvalue weighted by Gasteiger charge is 2.19. The fraction of sp³-hybridized carbons (Fsp3) is 0.300. The first-order valence-electron chi connectivity index (χ1n) is 4.41. The maximum Gasteiger partial charge on any atom is 0.327 e. The smallest absolute Gasteiger partial charge is 0.327 e. The molecule has 0 aliphatic carbocycles. The third-order valence-electron chi connectivity index (χ3n) is 2.08. The van der Waals surface area contributed by atoms with Crippen LogP contribution in [0.25, 0.3) is 0 Å². The summed E-state index contributed by atoms with van der Waals surface area (Å²) in [7, 11) is 2.67. The number of carbonyl (C=O) groups is 1. The Bertz CT molecular complexity index is 414. The minimum Gasteiger partial charge on any atom is -0.503 e. The van der Waals surface area contributed by atoms with Crippen LogP contribution in [0.1, 0.15) is 11.6 Å². The van der Waals surface area contributed by atoms with Crippen molar-refractivity contribution in [3.63, 3.8) is 0 Å². The van der Waals surface area contributed by atoms with Gasteiger partial charge in [-0.25, -0.2) is 0 Å². The van der Waals surface area contributed by atoms with Crippen molar-refractivity contribution in [2.75, 3.05) is 14.2 Å². The van der Waals surface area contributed by atoms with Crippen LogP contribution in [0.3, 0.4) is 0 Å². The van der Waals surface area contributed by atoms with Crippen molar-refractivity contribution >= 4 is 34.3 Å². The highest BCUT2D eigenvalue weighted by atomic mass is 79.9. The van der Waals surface area contributed by atoms with Gasteiger partial charge < -0.3 is 20.3 Å². The molecule has 0 bridgehead atoms. The summed E-state index contributed by atoms with van der Waals surface area (Å²) in [6.45, 7) is 0. The molecule has 0 amide bonds. The average molecular weight is 327 g/mol. The van der Waals surface area contributed by atoms with E-state index in [0.29, 0.717) is 10.0 Å². The molecule has 0 heterocycles. The molecule has 0 unspecified atom stereocenters. The largest absolute Gasteiger partial charge is 0.503 e. The molecule has 0 aliphatic heterocycles. The quantitative estimate of drug-likeness (QED) is 0.827. The zero-order valence-corrected chi connectivity index (χ0v) is 11.7. The van der Waals surface area contributed by atoms with Gasteiger partial charge in [-0.1, -0.05) is 0 Å². The van der Waals surface area contributed by atoms with Crippen LogP contribution in [-0.4, -0.2) is 25.3 Å². The molecule has 0 aromatic heterocycles. The second-order valence-corrected chi connectivity index (χ2v) is 3.91. The van der Waals surface area contributed by atoms with E-state index in [1.165, 1.54) is 20.3 Å². The average Bonchev–Trinajstić information content (AvgIpc) is 2.30. The molecule has 17 heavy (non-hydrogen) atoms. The molecule has 3 N–H and O–H groups in total. The minimum absolute atomic E-state index is 0. The van der Waals surface area contributed by atoms with E-state index in [9.17, 15) is 9.90 Å². The molecule has 96 valence electrons. The fourth-order valence-electron chi connectivity index (χ4n) is 1.19. The van der Waals surface area contributed by atoms with E-state index in [2.05, 4.69) is 20.7 Å². The molecule has 0 saturated carbocycles. The number of halogens is 2. The number of ether oxygens (including phenoxy) is 2. The highest BCUT2D eigenvalue weighted by Crippen LogP contribution is 2.36. The van der Waals surface area contributed by atoms with E-state index in [0.717, 1.165) is 0 Å². The monoisotopic (exact) mass is 325 g/mol. The molecule has 5 nitrogen and oxygen atoms in total. The van der Waals surface area contributed by atoms with E-state index >= 15 is 0 Å². The number of aromatic hydroxyl groups is 1. The molecule has 0 spiro atoms. The van der Waals surface area contributed by atoms with Gasteiger partial charge in [-0.3, -0.25) is 4.79 Å². The predicted molar refractivity (Wildman–Crippen MR) is 68.6 cm³/mol. The fourth-order valence-corrected chi connectivity index (χ4v) is 1.65. The lowest BCUT2D eigenvalue weighted by Gasteiger charge is -2.13. The van der Waals surface area contributed by atoms with Gasteiger partial charge in [-0.2, -0.15) is 0 Å². The number of phenolic OH excluding ortho intramolecular Hbond substituents is 1. The molecule has 0 aliphatic rings. The van der Waals surface area contributed by atoms with Crippen molar-refractivity contribution in [3.05, 3.63) is 22.2 Å². The first kappa shape index (κ1) is 16.0. The van der Waals surface area contributed by atoms with Crippen molar-refractivity contribution < 1.29 is 19.4 Å². The maximum absolute atomic E-state index is 11.2. The number of hydrogen-bond acceptors (Lipinski definition) is 5. The summed E-state index contributed by atoms with van der Waals surface area (Å²) in [5, 5.41) is 9.57. The first-order valence-corrected chi connectivity index (χ1v) is 5.20. The third kappa shape index (κ3) is 3.49. The number of esters is 1. The van der Waals surface area contributed by atoms with Gasteiger partial charge in [-0.15, -0.1) is 12.4 Å². The molecular formula is C10H13BrClNO4. The lowest BCUT2D eigenvalue weighted by Crippen LogP contribution is -2.22. The van der Waals surface area contributed by atoms with Crippen LogP contribution in [0.2, 0.25) is 0 Å². The molecule has 1 atom stereocenters. The van der Waals surface area contributed by atoms with Crippen molar-refractivity contribution in [2.24, 2.45) is 5.73 Å². The number of carbonyl (C=O) groups excluding carboxylic acids is 1. The lowest BCUT2D eigenvalue weighted by atomic mass is 10.1. The van der Waals surface area contributed by atoms with Crippen molar-refractivity contribution in [1.29, 1.82) is 0 Å². The molecule has 0 saturated heterocycles. The second-order valence-electron chi connectivity index (χ2n) is 3.05. The number of methoxy groups -OCH3 is 2. The Kier molecular flexibility index (Phi) is 6.30. The Morgan fingerprint density at radius 1 is 1.47 bits per heavy atom. The number of nitrogens with two attached hydrogens (primary N) is 1. The van der Waals surface area contributed by atoms with Gasteiger partial charge in [0.25, 0.3) is 0 Å². The van der Waals surface area contributed by atoms with Gasteiger partial charge in [0, 0.05) is 0 Å². The molecule has 1 rings (SSSR count). The third-order valence-corrected chi connectivity index (χ3v) is 2.69. The van der Waals surface area contributed by atoms with Crippen molar-refractivity contribution in [2.45, 2.75) is 6.04 Å². The Morgan fingerprint density at radius 2 is 2.06 bits per heavy atom. The summed E-state index contributed by atoms with van der Waals surface area (Å²) < 4.78 is 9.87. The molecule has 0 radical (unpaired) electrons. The zero-order chi connectivity index (χ0) is 12.3. The number of phenols is 1. The highest BCUT2D eigenvalue weighted by molar-refractivity contribution is 9.10. The molecule has 0 fully saturated rings. The maximum atomic E-state index is 11.2. The van der Waals surface area contributed by atoms with E-state index in [4.69, 9.17) is 10.5 Å². The molecule has 1 aromatic rings. The van der Waals surface area contributed by atoms with E-state index in [-0.39, 0.29) is 23.9 Å². The van der Waals surface area contributed by atoms with Crippen LogP contribution in [-0.2, 0) is 9.53 Å². The van der Waals surface area contributed by atoms with Crippen LogP contribution < -0.4 is 10.5 Å². The normalized spacial score (nSPS) is 11.3. The van der Waals surface area contributed by atoms with E-state index < -0.39 is 12.0 Å². The topological polar surface area (TPSA) is 81.8 Å². The van der Waals surface area contributed by atoms with Crippen molar-refractivity contribution in [1.82, 2.24) is 0 Å². The van der Waals surface area contributed by atoms with Gasteiger partial charge >= 0.3 is 5.97 Å². The van der Waals surface area contributed by atoms with E-state index in [1.54, 1.807) is 6.07 Å². The van der Waals surface area contributed by atoms with Crippen LogP contribution in [0.5, 0.6) is 11.5 Å². The predicted octanol–water partition coefficient (Wildman–Crippen LogP) is 1.76. The summed E-state index contributed by atoms with van der Waals surface area (Å²) in [6.07, 6.45) is 0. The van der Waals surface area contributed by atoms with Crippen LogP contribution in [0, 0.1) is 0 Å². The van der Waals surface area contributed by atoms with Crippen LogP contribution in [0.15, 0.2) is 16.6 Å². The van der Waals surface area contributed by atoms with Gasteiger partial charge in [0.1, 0.15) is 6.04 Å². The Balaban J connectivity index is 0.00000256. The molecule has 1 aromatic carbocycles. The SMILES string of the molecule is COC(=O)[C@@H](N)c1cc(Br)c(O)c(OC)c1.Cl. The molecule has 7 heteroatoms. The van der Waals surface area contributed by atoms with Gasteiger partial charge in [-0.05, 0) is 33.6 Å². The van der Waals surface area contributed by atoms with Crippen molar-refractivity contribution in [3.8, 4) is 11.5 Å². The first-order chi connectivity index (χ1) is 7.51. The van der Waals surface area contributed by atoms with Gasteiger partial charge in [0.05, 0.1) is 18.7 Å².